The predicted molar refractivity (Wildman–Crippen MR) is 165 cm³/mol. The maximum atomic E-state index is 13.4. The highest BCUT2D eigenvalue weighted by Gasteiger charge is 2.70. The van der Waals surface area contributed by atoms with Crippen LogP contribution in [0.4, 0.5) is 4.79 Å². The van der Waals surface area contributed by atoms with Crippen LogP contribution in [0, 0.1) is 50.7 Å². The van der Waals surface area contributed by atoms with Crippen molar-refractivity contribution in [3.8, 4) is 0 Å². The summed E-state index contributed by atoms with van der Waals surface area (Å²) in [5.41, 5.74) is 3.49. The second kappa shape index (κ2) is 9.85. The molecule has 0 bridgehead atoms. The number of alkyl carbamates (subject to hydrolysis) is 1. The Morgan fingerprint density at radius 2 is 1.51 bits per heavy atom. The molecule has 1 amide bonds. The van der Waals surface area contributed by atoms with E-state index in [-0.39, 0.29) is 45.3 Å². The molecule has 6 aliphatic rings. The van der Waals surface area contributed by atoms with Crippen molar-refractivity contribution in [3.05, 3.63) is 11.1 Å². The lowest BCUT2D eigenvalue weighted by Crippen LogP contribution is -2.69. The summed E-state index contributed by atoms with van der Waals surface area (Å²) in [6, 6.07) is 0.161. The van der Waals surface area contributed by atoms with Gasteiger partial charge in [-0.1, -0.05) is 67.4 Å². The van der Waals surface area contributed by atoms with Gasteiger partial charge in [-0.05, 0) is 133 Å². The Bertz CT molecular complexity index is 1120. The van der Waals surface area contributed by atoms with Crippen LogP contribution in [0.15, 0.2) is 11.1 Å². The van der Waals surface area contributed by atoms with Gasteiger partial charge in [0.25, 0.3) is 0 Å². The number of ketones is 1. The fraction of sp³-hybridized carbons (Fsp3) is 0.892. The minimum Gasteiger partial charge on any atom is -0.446 e. The van der Waals surface area contributed by atoms with E-state index in [1.54, 1.807) is 5.57 Å². The number of carbonyl (C=O) groups is 2. The van der Waals surface area contributed by atoms with Crippen molar-refractivity contribution in [2.24, 2.45) is 50.7 Å². The molecule has 230 valence electrons. The number of Topliss-reactive ketones (excluding diaryl/α,β-unsaturated/α-hetero) is 1. The van der Waals surface area contributed by atoms with Gasteiger partial charge < -0.3 is 10.1 Å². The summed E-state index contributed by atoms with van der Waals surface area (Å²) in [5, 5.41) is 3.53. The minimum atomic E-state index is -0.168. The van der Waals surface area contributed by atoms with Crippen LogP contribution in [-0.4, -0.2) is 24.0 Å². The molecule has 1 unspecified atom stereocenters. The van der Waals surface area contributed by atoms with Crippen molar-refractivity contribution in [1.82, 2.24) is 5.32 Å². The number of hydrogen-bond acceptors (Lipinski definition) is 3. The molecule has 0 saturated heterocycles. The lowest BCUT2D eigenvalue weighted by atomic mass is 9.32. The number of fused-ring (bicyclic) bond motifs is 7. The molecule has 4 heteroatoms. The van der Waals surface area contributed by atoms with Gasteiger partial charge in [0.05, 0.1) is 0 Å². The van der Waals surface area contributed by atoms with Crippen LogP contribution < -0.4 is 5.32 Å². The van der Waals surface area contributed by atoms with E-state index in [0.29, 0.717) is 29.5 Å². The molecular formula is C37H59NO3. The molecule has 0 aromatic carbocycles. The molecule has 1 N–H and O–H groups in total. The van der Waals surface area contributed by atoms with E-state index >= 15 is 0 Å². The van der Waals surface area contributed by atoms with Crippen LogP contribution in [0.5, 0.6) is 0 Å². The fourth-order valence-electron chi connectivity index (χ4n) is 12.6. The molecule has 41 heavy (non-hydrogen) atoms. The van der Waals surface area contributed by atoms with Gasteiger partial charge in [0.1, 0.15) is 6.10 Å². The summed E-state index contributed by atoms with van der Waals surface area (Å²) in [7, 11) is 0. The first kappa shape index (κ1) is 29.7. The number of hydrogen-bond donors (Lipinski definition) is 1. The van der Waals surface area contributed by atoms with Gasteiger partial charge in [0, 0.05) is 12.5 Å². The van der Waals surface area contributed by atoms with Crippen LogP contribution in [0.3, 0.4) is 0 Å². The van der Waals surface area contributed by atoms with Crippen molar-refractivity contribution in [2.75, 3.05) is 0 Å². The van der Waals surface area contributed by atoms with Gasteiger partial charge in [0.15, 0.2) is 5.78 Å². The summed E-state index contributed by atoms with van der Waals surface area (Å²) in [5.74, 6) is 2.39. The third-order valence-corrected chi connectivity index (χ3v) is 14.8. The second-order valence-electron chi connectivity index (χ2n) is 17.5. The number of allylic oxidation sites excluding steroid dienone is 2. The van der Waals surface area contributed by atoms with Crippen LogP contribution >= 0.6 is 0 Å². The molecule has 0 aliphatic heterocycles. The first-order chi connectivity index (χ1) is 19.2. The van der Waals surface area contributed by atoms with Gasteiger partial charge in [-0.3, -0.25) is 4.79 Å². The average Bonchev–Trinajstić information content (AvgIpc) is 3.17. The zero-order valence-corrected chi connectivity index (χ0v) is 27.6. The monoisotopic (exact) mass is 565 g/mol. The third kappa shape index (κ3) is 4.25. The third-order valence-electron chi connectivity index (χ3n) is 14.8. The second-order valence-corrected chi connectivity index (χ2v) is 17.5. The molecule has 5 saturated carbocycles. The largest absolute Gasteiger partial charge is 0.446 e. The molecular weight excluding hydrogens is 506 g/mol. The Kier molecular flexibility index (Phi) is 7.14. The minimum absolute atomic E-state index is 0.0375. The zero-order valence-electron chi connectivity index (χ0n) is 27.6. The lowest BCUT2D eigenvalue weighted by molar-refractivity contribution is -0.219. The Morgan fingerprint density at radius 3 is 2.20 bits per heavy atom. The number of ether oxygens (including phenoxy) is 1. The molecule has 6 rings (SSSR count). The van der Waals surface area contributed by atoms with Crippen molar-refractivity contribution < 1.29 is 14.3 Å². The first-order valence-electron chi connectivity index (χ1n) is 17.4. The summed E-state index contributed by atoms with van der Waals surface area (Å²) in [6.07, 6.45) is 15.8. The van der Waals surface area contributed by atoms with E-state index < -0.39 is 0 Å². The maximum Gasteiger partial charge on any atom is 0.407 e. The number of nitrogens with one attached hydrogen (secondary N) is 1. The van der Waals surface area contributed by atoms with E-state index in [4.69, 9.17) is 4.74 Å². The van der Waals surface area contributed by atoms with Gasteiger partial charge in [-0.15, -0.1) is 0 Å². The molecule has 8 atom stereocenters. The van der Waals surface area contributed by atoms with Gasteiger partial charge in [-0.2, -0.15) is 0 Å². The fourth-order valence-corrected chi connectivity index (χ4v) is 12.6. The first-order valence-corrected chi connectivity index (χ1v) is 17.4. The average molecular weight is 566 g/mol. The Labute approximate surface area is 250 Å². The molecule has 6 aliphatic carbocycles. The standard InChI is InChI=1S/C37H59NO3/c1-23(2)30-26(39)22-34(5)20-21-35(6)25(31(30)34)14-15-28-36(35,7)19-16-27-33(3,4)18-17-29(37(27,28)8)38-32(40)41-24-12-10-9-11-13-24/h23-25,27-29H,9-22H2,1-8H3,(H,38,40)/t25-,27+,28+,29?,34+,35-,36-,37+/m1/s1. The summed E-state index contributed by atoms with van der Waals surface area (Å²) in [6.45, 7) is 19.7. The van der Waals surface area contributed by atoms with E-state index in [0.717, 1.165) is 38.5 Å². The smallest absolute Gasteiger partial charge is 0.407 e. The topological polar surface area (TPSA) is 55.4 Å². The lowest BCUT2D eigenvalue weighted by Gasteiger charge is -2.72. The number of amides is 1. The number of carbonyl (C=O) groups excluding carboxylic acids is 2. The van der Waals surface area contributed by atoms with Crippen LogP contribution in [-0.2, 0) is 9.53 Å². The van der Waals surface area contributed by atoms with Crippen LogP contribution in [0.2, 0.25) is 0 Å². The highest BCUT2D eigenvalue weighted by atomic mass is 16.6. The van der Waals surface area contributed by atoms with Crippen LogP contribution in [0.1, 0.15) is 145 Å². The van der Waals surface area contributed by atoms with E-state index in [1.807, 2.05) is 0 Å². The Morgan fingerprint density at radius 1 is 0.805 bits per heavy atom. The Hall–Kier alpha value is -1.32. The quantitative estimate of drug-likeness (QED) is 0.371. The molecule has 0 spiro atoms. The van der Waals surface area contributed by atoms with Gasteiger partial charge >= 0.3 is 6.09 Å². The highest BCUT2D eigenvalue weighted by Crippen LogP contribution is 2.76. The zero-order chi connectivity index (χ0) is 29.6. The van der Waals surface area contributed by atoms with Gasteiger partial charge in [0.2, 0.25) is 0 Å². The predicted octanol–water partition coefficient (Wildman–Crippen LogP) is 9.41. The van der Waals surface area contributed by atoms with E-state index in [2.05, 4.69) is 60.7 Å². The molecule has 5 fully saturated rings. The van der Waals surface area contributed by atoms with Crippen molar-refractivity contribution >= 4 is 11.9 Å². The maximum absolute atomic E-state index is 13.4. The molecule has 0 radical (unpaired) electrons. The van der Waals surface area contributed by atoms with Crippen LogP contribution in [0.25, 0.3) is 0 Å². The highest BCUT2D eigenvalue weighted by molar-refractivity contribution is 6.00. The molecule has 0 heterocycles. The van der Waals surface area contributed by atoms with Crippen molar-refractivity contribution in [1.29, 1.82) is 0 Å². The SMILES string of the molecule is CC(C)C1=C2[C@H]3CC[C@@H]4[C@@]5(C)C(NC(=O)OC6CCCCC6)CCC(C)(C)[C@@H]5CC[C@@]4(C)[C@]3(C)CC[C@@]2(C)CC1=O. The summed E-state index contributed by atoms with van der Waals surface area (Å²) < 4.78 is 6.05. The van der Waals surface area contributed by atoms with Crippen molar-refractivity contribution in [3.63, 3.8) is 0 Å². The Balaban J connectivity index is 1.35. The van der Waals surface area contributed by atoms with Gasteiger partial charge in [-0.25, -0.2) is 4.79 Å². The number of rotatable bonds is 3. The molecule has 0 aromatic heterocycles. The summed E-state index contributed by atoms with van der Waals surface area (Å²) in [4.78, 5) is 26.8. The van der Waals surface area contributed by atoms with E-state index in [9.17, 15) is 9.59 Å². The van der Waals surface area contributed by atoms with E-state index in [1.165, 1.54) is 56.9 Å². The summed E-state index contributed by atoms with van der Waals surface area (Å²) >= 11 is 0. The molecule has 4 nitrogen and oxygen atoms in total. The normalized spacial score (nSPS) is 45.9. The molecule has 0 aromatic rings. The van der Waals surface area contributed by atoms with Crippen molar-refractivity contribution in [2.45, 2.75) is 157 Å².